The Hall–Kier alpha value is -1.54. The summed E-state index contributed by atoms with van der Waals surface area (Å²) in [6.07, 6.45) is 1.06. The molecule has 1 heterocycles. The van der Waals surface area contributed by atoms with Gasteiger partial charge in [0.05, 0.1) is 13.7 Å². The lowest BCUT2D eigenvalue weighted by Gasteiger charge is -2.20. The molecule has 1 N–H and O–H groups in total. The lowest BCUT2D eigenvalue weighted by molar-refractivity contribution is 0.140. The zero-order chi connectivity index (χ0) is 14.2. The van der Waals surface area contributed by atoms with Crippen molar-refractivity contribution in [3.05, 3.63) is 29.3 Å². The standard InChI is InChI=1S/C16H21NO3/c1-19-16-6-5-14(4-2-9-18)15(12-16)13-17-7-3-10-20-11-8-17/h5-6,12,18H,3,7-11,13H2,1H3. The fraction of sp³-hybridized carbons (Fsp3) is 0.500. The van der Waals surface area contributed by atoms with Crippen LogP contribution in [-0.4, -0.2) is 50.0 Å². The Balaban J connectivity index is 2.17. The molecule has 108 valence electrons. The van der Waals surface area contributed by atoms with E-state index in [1.54, 1.807) is 7.11 Å². The predicted molar refractivity (Wildman–Crippen MR) is 77.7 cm³/mol. The fourth-order valence-electron chi connectivity index (χ4n) is 2.28. The first kappa shape index (κ1) is 14.9. The summed E-state index contributed by atoms with van der Waals surface area (Å²) in [5.74, 6) is 6.55. The van der Waals surface area contributed by atoms with E-state index in [4.69, 9.17) is 14.6 Å². The summed E-state index contributed by atoms with van der Waals surface area (Å²) in [4.78, 5) is 2.37. The van der Waals surface area contributed by atoms with Crippen LogP contribution in [0.3, 0.4) is 0 Å². The van der Waals surface area contributed by atoms with Crippen molar-refractivity contribution < 1.29 is 14.6 Å². The summed E-state index contributed by atoms with van der Waals surface area (Å²) in [5, 5.41) is 8.85. The van der Waals surface area contributed by atoms with E-state index in [2.05, 4.69) is 16.7 Å². The molecule has 0 saturated carbocycles. The first-order valence-corrected chi connectivity index (χ1v) is 6.90. The van der Waals surface area contributed by atoms with Gasteiger partial charge in [0.2, 0.25) is 0 Å². The summed E-state index contributed by atoms with van der Waals surface area (Å²) in [6, 6.07) is 5.87. The van der Waals surface area contributed by atoms with E-state index < -0.39 is 0 Å². The Morgan fingerprint density at radius 3 is 3.05 bits per heavy atom. The number of rotatable bonds is 3. The van der Waals surface area contributed by atoms with Gasteiger partial charge in [0.15, 0.2) is 0 Å². The normalized spacial score (nSPS) is 16.1. The van der Waals surface area contributed by atoms with Crippen LogP contribution in [0.1, 0.15) is 17.5 Å². The molecule has 0 radical (unpaired) electrons. The number of ether oxygens (including phenoxy) is 2. The zero-order valence-corrected chi connectivity index (χ0v) is 11.9. The highest BCUT2D eigenvalue weighted by molar-refractivity contribution is 5.45. The number of aliphatic hydroxyl groups is 1. The van der Waals surface area contributed by atoms with Gasteiger partial charge >= 0.3 is 0 Å². The largest absolute Gasteiger partial charge is 0.497 e. The van der Waals surface area contributed by atoms with Crippen molar-refractivity contribution in [2.75, 3.05) is 40.0 Å². The molecule has 0 bridgehead atoms. The van der Waals surface area contributed by atoms with Crippen LogP contribution in [0, 0.1) is 11.8 Å². The molecule has 0 amide bonds. The number of benzene rings is 1. The van der Waals surface area contributed by atoms with Gasteiger partial charge in [0.1, 0.15) is 12.4 Å². The minimum atomic E-state index is -0.122. The third kappa shape index (κ3) is 4.24. The highest BCUT2D eigenvalue weighted by Crippen LogP contribution is 2.19. The molecule has 1 fully saturated rings. The van der Waals surface area contributed by atoms with E-state index in [0.717, 1.165) is 56.1 Å². The van der Waals surface area contributed by atoms with Crippen LogP contribution in [-0.2, 0) is 11.3 Å². The number of hydrogen-bond acceptors (Lipinski definition) is 4. The number of aliphatic hydroxyl groups excluding tert-OH is 1. The molecule has 1 saturated heterocycles. The Morgan fingerprint density at radius 2 is 2.25 bits per heavy atom. The summed E-state index contributed by atoms with van der Waals surface area (Å²) >= 11 is 0. The van der Waals surface area contributed by atoms with E-state index in [1.807, 2.05) is 18.2 Å². The van der Waals surface area contributed by atoms with Crippen LogP contribution in [0.15, 0.2) is 18.2 Å². The molecule has 0 unspecified atom stereocenters. The van der Waals surface area contributed by atoms with Crippen LogP contribution >= 0.6 is 0 Å². The summed E-state index contributed by atoms with van der Waals surface area (Å²) in [5.41, 5.74) is 2.08. The van der Waals surface area contributed by atoms with Crippen molar-refractivity contribution in [3.63, 3.8) is 0 Å². The van der Waals surface area contributed by atoms with Gasteiger partial charge in [-0.2, -0.15) is 0 Å². The van der Waals surface area contributed by atoms with Crippen molar-refractivity contribution in [2.24, 2.45) is 0 Å². The minimum absolute atomic E-state index is 0.122. The van der Waals surface area contributed by atoms with Crippen molar-refractivity contribution in [3.8, 4) is 17.6 Å². The summed E-state index contributed by atoms with van der Waals surface area (Å²) in [6.45, 7) is 4.29. The zero-order valence-electron chi connectivity index (χ0n) is 11.9. The lowest BCUT2D eigenvalue weighted by Crippen LogP contribution is -2.26. The van der Waals surface area contributed by atoms with Crippen LogP contribution in [0.5, 0.6) is 5.75 Å². The van der Waals surface area contributed by atoms with Gasteiger partial charge in [-0.1, -0.05) is 11.8 Å². The van der Waals surface area contributed by atoms with Crippen molar-refractivity contribution in [1.82, 2.24) is 4.90 Å². The molecule has 1 aliphatic rings. The van der Waals surface area contributed by atoms with Crippen LogP contribution in [0.25, 0.3) is 0 Å². The first-order valence-electron chi connectivity index (χ1n) is 6.90. The molecule has 0 aliphatic carbocycles. The van der Waals surface area contributed by atoms with E-state index >= 15 is 0 Å². The molecule has 20 heavy (non-hydrogen) atoms. The van der Waals surface area contributed by atoms with Gasteiger partial charge in [-0.3, -0.25) is 4.90 Å². The van der Waals surface area contributed by atoms with Crippen molar-refractivity contribution >= 4 is 0 Å². The van der Waals surface area contributed by atoms with Gasteiger partial charge < -0.3 is 14.6 Å². The number of hydrogen-bond donors (Lipinski definition) is 1. The van der Waals surface area contributed by atoms with Gasteiger partial charge in [-0.15, -0.1) is 0 Å². The second kappa shape index (κ2) is 7.91. The second-order valence-corrected chi connectivity index (χ2v) is 4.73. The first-order chi connectivity index (χ1) is 9.83. The average molecular weight is 275 g/mol. The van der Waals surface area contributed by atoms with Crippen LogP contribution in [0.2, 0.25) is 0 Å². The van der Waals surface area contributed by atoms with Crippen LogP contribution in [0.4, 0.5) is 0 Å². The maximum Gasteiger partial charge on any atom is 0.119 e. The lowest BCUT2D eigenvalue weighted by atomic mass is 10.1. The topological polar surface area (TPSA) is 41.9 Å². The molecule has 4 heteroatoms. The molecule has 0 aromatic heterocycles. The highest BCUT2D eigenvalue weighted by atomic mass is 16.5. The molecule has 1 aliphatic heterocycles. The van der Waals surface area contributed by atoms with E-state index in [0.29, 0.717) is 0 Å². The quantitative estimate of drug-likeness (QED) is 0.843. The molecular weight excluding hydrogens is 254 g/mol. The fourth-order valence-corrected chi connectivity index (χ4v) is 2.28. The highest BCUT2D eigenvalue weighted by Gasteiger charge is 2.12. The van der Waals surface area contributed by atoms with E-state index in [-0.39, 0.29) is 6.61 Å². The van der Waals surface area contributed by atoms with E-state index in [1.165, 1.54) is 0 Å². The summed E-state index contributed by atoms with van der Waals surface area (Å²) < 4.78 is 10.8. The Kier molecular flexibility index (Phi) is 5.87. The van der Waals surface area contributed by atoms with Gasteiger partial charge in [-0.05, 0) is 30.2 Å². The molecule has 0 spiro atoms. The smallest absolute Gasteiger partial charge is 0.119 e. The summed E-state index contributed by atoms with van der Waals surface area (Å²) in [7, 11) is 1.66. The molecular formula is C16H21NO3. The Morgan fingerprint density at radius 1 is 1.35 bits per heavy atom. The Bertz CT molecular complexity index is 482. The van der Waals surface area contributed by atoms with Crippen molar-refractivity contribution in [2.45, 2.75) is 13.0 Å². The van der Waals surface area contributed by atoms with Gasteiger partial charge in [0.25, 0.3) is 0 Å². The van der Waals surface area contributed by atoms with Gasteiger partial charge in [0, 0.05) is 31.8 Å². The SMILES string of the molecule is COc1ccc(C#CCO)c(CN2CCCOCC2)c1. The third-order valence-electron chi connectivity index (χ3n) is 3.32. The Labute approximate surface area is 120 Å². The monoisotopic (exact) mass is 275 g/mol. The minimum Gasteiger partial charge on any atom is -0.497 e. The maximum atomic E-state index is 8.85. The molecule has 1 aromatic carbocycles. The average Bonchev–Trinajstić information content (AvgIpc) is 2.74. The number of methoxy groups -OCH3 is 1. The van der Waals surface area contributed by atoms with E-state index in [9.17, 15) is 0 Å². The number of nitrogens with zero attached hydrogens (tertiary/aromatic N) is 1. The van der Waals surface area contributed by atoms with Crippen molar-refractivity contribution in [1.29, 1.82) is 0 Å². The maximum absolute atomic E-state index is 8.85. The second-order valence-electron chi connectivity index (χ2n) is 4.73. The molecule has 0 atom stereocenters. The van der Waals surface area contributed by atoms with Gasteiger partial charge in [-0.25, -0.2) is 0 Å². The third-order valence-corrected chi connectivity index (χ3v) is 3.32. The van der Waals surface area contributed by atoms with Crippen LogP contribution < -0.4 is 4.74 Å². The predicted octanol–water partition coefficient (Wildman–Crippen LogP) is 1.26. The molecule has 1 aromatic rings. The molecule has 2 rings (SSSR count). The molecule has 4 nitrogen and oxygen atoms in total.